The Balaban J connectivity index is 1.99. The molecule has 0 fully saturated rings. The molecule has 0 saturated heterocycles. The van der Waals surface area contributed by atoms with Gasteiger partial charge in [0.2, 0.25) is 10.0 Å². The molecule has 2 N–H and O–H groups in total. The van der Waals surface area contributed by atoms with Gasteiger partial charge in [-0.3, -0.25) is 4.79 Å². The number of methoxy groups -OCH3 is 1. The highest BCUT2D eigenvalue weighted by Gasteiger charge is 2.20. The minimum atomic E-state index is -3.77. The molecule has 0 heterocycles. The number of nitrogens with one attached hydrogen (secondary N) is 2. The van der Waals surface area contributed by atoms with E-state index < -0.39 is 22.5 Å². The fourth-order valence-corrected chi connectivity index (χ4v) is 4.42. The van der Waals surface area contributed by atoms with Gasteiger partial charge in [-0.2, -0.15) is 8.78 Å². The van der Waals surface area contributed by atoms with Crippen molar-refractivity contribution in [3.05, 3.63) is 71.3 Å². The summed E-state index contributed by atoms with van der Waals surface area (Å²) in [6.45, 7) is 0.337. The molecule has 10 heteroatoms. The van der Waals surface area contributed by atoms with Crippen LogP contribution in [0.4, 0.5) is 14.5 Å². The topological polar surface area (TPSA) is 93.7 Å². The molecular formula is C24H24F2N2O5S. The highest BCUT2D eigenvalue weighted by atomic mass is 32.2. The minimum absolute atomic E-state index is 0.000229. The van der Waals surface area contributed by atoms with Crippen LogP contribution in [0.2, 0.25) is 0 Å². The number of ether oxygens (including phenoxy) is 2. The van der Waals surface area contributed by atoms with Crippen LogP contribution < -0.4 is 19.5 Å². The summed E-state index contributed by atoms with van der Waals surface area (Å²) in [5.74, 6) is -0.0304. The van der Waals surface area contributed by atoms with Crippen LogP contribution in [0.1, 0.15) is 21.5 Å². The molecule has 0 aromatic heterocycles. The number of alkyl halides is 2. The van der Waals surface area contributed by atoms with E-state index in [9.17, 15) is 22.0 Å². The monoisotopic (exact) mass is 490 g/mol. The number of carbonyl (C=O) groups excluding carboxylic acids is 1. The van der Waals surface area contributed by atoms with Gasteiger partial charge in [-0.05, 0) is 80.1 Å². The highest BCUT2D eigenvalue weighted by Crippen LogP contribution is 2.35. The molecule has 1 amide bonds. The summed E-state index contributed by atoms with van der Waals surface area (Å²) in [6, 6.07) is 13.8. The van der Waals surface area contributed by atoms with Crippen molar-refractivity contribution in [2.45, 2.75) is 25.4 Å². The third kappa shape index (κ3) is 5.52. The summed E-state index contributed by atoms with van der Waals surface area (Å²) >= 11 is 0. The second kappa shape index (κ2) is 10.2. The summed E-state index contributed by atoms with van der Waals surface area (Å²) in [7, 11) is -0.971. The van der Waals surface area contributed by atoms with Gasteiger partial charge in [0.1, 0.15) is 11.5 Å². The molecule has 180 valence electrons. The number of anilines is 1. The Bertz CT molecular complexity index is 1310. The zero-order valence-electron chi connectivity index (χ0n) is 19.0. The van der Waals surface area contributed by atoms with Gasteiger partial charge in [0.05, 0.1) is 12.0 Å². The van der Waals surface area contributed by atoms with Crippen molar-refractivity contribution in [3.8, 4) is 22.6 Å². The quantitative estimate of drug-likeness (QED) is 0.476. The molecular weight excluding hydrogens is 466 g/mol. The molecule has 0 unspecified atom stereocenters. The fraction of sp³-hybridized carbons (Fsp3) is 0.208. The largest absolute Gasteiger partial charge is 0.497 e. The predicted octanol–water partition coefficient (Wildman–Crippen LogP) is 4.74. The molecule has 3 rings (SSSR count). The SMILES string of the molecule is CNS(=O)(=O)c1cc(C(=O)Nc2ccc(OC(F)F)c(-c3ccc(OC)cc3)c2)cc(C)c1C. The van der Waals surface area contributed by atoms with E-state index in [1.165, 1.54) is 38.4 Å². The van der Waals surface area contributed by atoms with Crippen molar-refractivity contribution >= 4 is 21.6 Å². The molecule has 0 aliphatic rings. The Labute approximate surface area is 196 Å². The zero-order valence-corrected chi connectivity index (χ0v) is 19.8. The van der Waals surface area contributed by atoms with Crippen LogP contribution in [0.5, 0.6) is 11.5 Å². The van der Waals surface area contributed by atoms with Crippen molar-refractivity contribution in [3.63, 3.8) is 0 Å². The van der Waals surface area contributed by atoms with Gasteiger partial charge < -0.3 is 14.8 Å². The second-order valence-electron chi connectivity index (χ2n) is 7.40. The summed E-state index contributed by atoms with van der Waals surface area (Å²) in [5.41, 5.74) is 2.51. The lowest BCUT2D eigenvalue weighted by molar-refractivity contribution is -0.0494. The summed E-state index contributed by atoms with van der Waals surface area (Å²) in [6.07, 6.45) is 0. The molecule has 3 aromatic carbocycles. The number of carbonyl (C=O) groups is 1. The lowest BCUT2D eigenvalue weighted by Crippen LogP contribution is -2.21. The maximum atomic E-state index is 12.9. The van der Waals surface area contributed by atoms with Crippen LogP contribution in [0.25, 0.3) is 11.1 Å². The minimum Gasteiger partial charge on any atom is -0.497 e. The zero-order chi connectivity index (χ0) is 25.0. The summed E-state index contributed by atoms with van der Waals surface area (Å²) in [5, 5.41) is 2.69. The van der Waals surface area contributed by atoms with Gasteiger partial charge in [0.25, 0.3) is 5.91 Å². The van der Waals surface area contributed by atoms with Crippen LogP contribution in [-0.2, 0) is 10.0 Å². The first-order valence-electron chi connectivity index (χ1n) is 10.1. The van der Waals surface area contributed by atoms with Crippen molar-refractivity contribution in [2.75, 3.05) is 19.5 Å². The van der Waals surface area contributed by atoms with Crippen LogP contribution >= 0.6 is 0 Å². The number of amides is 1. The molecule has 0 aliphatic heterocycles. The number of hydrogen-bond acceptors (Lipinski definition) is 5. The van der Waals surface area contributed by atoms with Crippen molar-refractivity contribution < 1.29 is 31.5 Å². The Morgan fingerprint density at radius 2 is 1.68 bits per heavy atom. The molecule has 0 bridgehead atoms. The van der Waals surface area contributed by atoms with Crippen LogP contribution in [0.3, 0.4) is 0 Å². The highest BCUT2D eigenvalue weighted by molar-refractivity contribution is 7.89. The van der Waals surface area contributed by atoms with Gasteiger partial charge in [-0.1, -0.05) is 12.1 Å². The number of hydrogen-bond donors (Lipinski definition) is 2. The number of benzene rings is 3. The van der Waals surface area contributed by atoms with E-state index in [1.807, 2.05) is 0 Å². The first-order valence-corrected chi connectivity index (χ1v) is 11.6. The molecule has 0 aliphatic carbocycles. The van der Waals surface area contributed by atoms with Gasteiger partial charge >= 0.3 is 6.61 Å². The van der Waals surface area contributed by atoms with Crippen molar-refractivity contribution in [2.24, 2.45) is 0 Å². The average molecular weight is 491 g/mol. The van der Waals surface area contributed by atoms with Gasteiger partial charge in [-0.25, -0.2) is 13.1 Å². The van der Waals surface area contributed by atoms with Gasteiger partial charge in [0.15, 0.2) is 0 Å². The lowest BCUT2D eigenvalue weighted by Gasteiger charge is -2.15. The number of halogens is 2. The Kier molecular flexibility index (Phi) is 7.53. The molecule has 34 heavy (non-hydrogen) atoms. The lowest BCUT2D eigenvalue weighted by atomic mass is 10.0. The second-order valence-corrected chi connectivity index (χ2v) is 9.25. The summed E-state index contributed by atoms with van der Waals surface area (Å²) in [4.78, 5) is 12.9. The number of rotatable bonds is 8. The van der Waals surface area contributed by atoms with Crippen molar-refractivity contribution in [1.82, 2.24) is 4.72 Å². The number of aryl methyl sites for hydroxylation is 1. The van der Waals surface area contributed by atoms with E-state index in [1.54, 1.807) is 44.2 Å². The molecule has 0 saturated carbocycles. The maximum absolute atomic E-state index is 12.9. The van der Waals surface area contributed by atoms with E-state index in [-0.39, 0.29) is 16.2 Å². The van der Waals surface area contributed by atoms with Gasteiger partial charge in [-0.15, -0.1) is 0 Å². The predicted molar refractivity (Wildman–Crippen MR) is 125 cm³/mol. The van der Waals surface area contributed by atoms with E-state index in [2.05, 4.69) is 14.8 Å². The fourth-order valence-electron chi connectivity index (χ4n) is 3.35. The Morgan fingerprint density at radius 3 is 2.26 bits per heavy atom. The maximum Gasteiger partial charge on any atom is 0.387 e. The van der Waals surface area contributed by atoms with Crippen LogP contribution in [-0.4, -0.2) is 35.1 Å². The Hall–Kier alpha value is -3.50. The normalized spacial score (nSPS) is 11.4. The Morgan fingerprint density at radius 1 is 1.00 bits per heavy atom. The molecule has 0 atom stereocenters. The first-order chi connectivity index (χ1) is 16.1. The first kappa shape index (κ1) is 25.1. The molecule has 0 spiro atoms. The van der Waals surface area contributed by atoms with Gasteiger partial charge in [0, 0.05) is 16.8 Å². The van der Waals surface area contributed by atoms with Crippen molar-refractivity contribution in [1.29, 1.82) is 0 Å². The van der Waals surface area contributed by atoms with E-state index in [0.717, 1.165) is 0 Å². The van der Waals surface area contributed by atoms with E-state index >= 15 is 0 Å². The molecule has 3 aromatic rings. The van der Waals surface area contributed by atoms with Crippen LogP contribution in [0.15, 0.2) is 59.5 Å². The van der Waals surface area contributed by atoms with E-state index in [4.69, 9.17) is 4.74 Å². The standard InChI is InChI=1S/C24H24F2N2O5S/c1-14-11-17(12-22(15(14)2)34(30,31)27-3)23(29)28-18-7-10-21(33-24(25)26)20(13-18)16-5-8-19(32-4)9-6-16/h5-13,24,27H,1-4H3,(H,28,29). The summed E-state index contributed by atoms with van der Waals surface area (Å²) < 4.78 is 62.6. The molecule has 0 radical (unpaired) electrons. The van der Waals surface area contributed by atoms with E-state index in [0.29, 0.717) is 33.7 Å². The smallest absolute Gasteiger partial charge is 0.387 e. The average Bonchev–Trinajstić information content (AvgIpc) is 2.81. The third-order valence-corrected chi connectivity index (χ3v) is 6.84. The van der Waals surface area contributed by atoms with Crippen LogP contribution in [0, 0.1) is 13.8 Å². The molecule has 7 nitrogen and oxygen atoms in total. The third-order valence-electron chi connectivity index (χ3n) is 5.29. The number of sulfonamides is 1.